The predicted molar refractivity (Wildman–Crippen MR) is 80.7 cm³/mol. The molecule has 0 radical (unpaired) electrons. The van der Waals surface area contributed by atoms with Crippen LogP contribution in [-0.4, -0.2) is 0 Å². The lowest BCUT2D eigenvalue weighted by molar-refractivity contribution is 0.666. The normalized spacial score (nSPS) is 11.7. The molecule has 0 N–H and O–H groups in total. The van der Waals surface area contributed by atoms with Gasteiger partial charge in [0.1, 0.15) is 11.2 Å². The average molecular weight is 246 g/mol. The van der Waals surface area contributed by atoms with Crippen LogP contribution in [0.1, 0.15) is 11.1 Å². The van der Waals surface area contributed by atoms with E-state index in [1.54, 1.807) is 0 Å². The van der Waals surface area contributed by atoms with Crippen molar-refractivity contribution in [1.29, 1.82) is 0 Å². The van der Waals surface area contributed by atoms with E-state index in [0.29, 0.717) is 0 Å². The van der Waals surface area contributed by atoms with Gasteiger partial charge in [-0.05, 0) is 47.9 Å². The van der Waals surface area contributed by atoms with Gasteiger partial charge in [-0.25, -0.2) is 0 Å². The summed E-state index contributed by atoms with van der Waals surface area (Å²) in [5.74, 6) is 0. The fraction of sp³-hybridized carbons (Fsp3) is 0.111. The highest BCUT2D eigenvalue weighted by molar-refractivity contribution is 6.10. The molecule has 0 saturated carbocycles. The van der Waals surface area contributed by atoms with Gasteiger partial charge in [-0.2, -0.15) is 0 Å². The van der Waals surface area contributed by atoms with E-state index in [1.807, 2.05) is 0 Å². The van der Waals surface area contributed by atoms with Crippen molar-refractivity contribution in [3.63, 3.8) is 0 Å². The molecule has 4 aromatic rings. The summed E-state index contributed by atoms with van der Waals surface area (Å²) in [6.07, 6.45) is 0. The minimum Gasteiger partial charge on any atom is -0.456 e. The number of benzene rings is 3. The standard InChI is InChI=1S/C18H14O/c1-11-7-8-15-16-9-13-5-3-4-6-14(13)10-17(16)19-18(15)12(11)2/h3-10H,1-2H3. The van der Waals surface area contributed by atoms with Crippen LogP contribution in [0.2, 0.25) is 0 Å². The van der Waals surface area contributed by atoms with E-state index < -0.39 is 0 Å². The highest BCUT2D eigenvalue weighted by atomic mass is 16.3. The van der Waals surface area contributed by atoms with Gasteiger partial charge in [0, 0.05) is 10.8 Å². The smallest absolute Gasteiger partial charge is 0.138 e. The number of hydrogen-bond donors (Lipinski definition) is 0. The molecule has 1 nitrogen and oxygen atoms in total. The monoisotopic (exact) mass is 246 g/mol. The fourth-order valence-corrected chi connectivity index (χ4v) is 2.76. The summed E-state index contributed by atoms with van der Waals surface area (Å²) in [7, 11) is 0. The maximum atomic E-state index is 6.07. The molecule has 0 spiro atoms. The van der Waals surface area contributed by atoms with Crippen molar-refractivity contribution in [3.8, 4) is 0 Å². The second-order valence-electron chi connectivity index (χ2n) is 5.18. The van der Waals surface area contributed by atoms with E-state index in [2.05, 4.69) is 62.4 Å². The van der Waals surface area contributed by atoms with E-state index in [4.69, 9.17) is 4.42 Å². The van der Waals surface area contributed by atoms with E-state index in [-0.39, 0.29) is 0 Å². The van der Waals surface area contributed by atoms with Crippen LogP contribution in [0, 0.1) is 13.8 Å². The quantitative estimate of drug-likeness (QED) is 0.407. The second-order valence-corrected chi connectivity index (χ2v) is 5.18. The van der Waals surface area contributed by atoms with Crippen molar-refractivity contribution >= 4 is 32.7 Å². The Morgan fingerprint density at radius 2 is 1.53 bits per heavy atom. The van der Waals surface area contributed by atoms with E-state index in [0.717, 1.165) is 11.2 Å². The fourth-order valence-electron chi connectivity index (χ4n) is 2.76. The SMILES string of the molecule is Cc1ccc2c(oc3cc4ccccc4cc32)c1C. The lowest BCUT2D eigenvalue weighted by Crippen LogP contribution is -1.79. The summed E-state index contributed by atoms with van der Waals surface area (Å²) < 4.78 is 6.07. The number of furan rings is 1. The van der Waals surface area contributed by atoms with Crippen molar-refractivity contribution in [2.24, 2.45) is 0 Å². The Kier molecular flexibility index (Phi) is 2.02. The van der Waals surface area contributed by atoms with Crippen LogP contribution < -0.4 is 0 Å². The Labute approximate surface area is 111 Å². The number of rotatable bonds is 0. The van der Waals surface area contributed by atoms with Gasteiger partial charge >= 0.3 is 0 Å². The summed E-state index contributed by atoms with van der Waals surface area (Å²) in [5, 5.41) is 4.90. The zero-order chi connectivity index (χ0) is 13.0. The molecule has 1 aromatic heterocycles. The third-order valence-electron chi connectivity index (χ3n) is 4.03. The second kappa shape index (κ2) is 3.61. The van der Waals surface area contributed by atoms with Crippen LogP contribution in [0.3, 0.4) is 0 Å². The third kappa shape index (κ3) is 1.42. The molecule has 3 aromatic carbocycles. The first-order valence-electron chi connectivity index (χ1n) is 6.55. The Morgan fingerprint density at radius 1 is 0.789 bits per heavy atom. The summed E-state index contributed by atoms with van der Waals surface area (Å²) in [5.41, 5.74) is 4.50. The van der Waals surface area contributed by atoms with Crippen LogP contribution >= 0.6 is 0 Å². The number of aryl methyl sites for hydroxylation is 2. The first-order valence-corrected chi connectivity index (χ1v) is 6.55. The number of hydrogen-bond acceptors (Lipinski definition) is 1. The van der Waals surface area contributed by atoms with Crippen molar-refractivity contribution in [2.45, 2.75) is 13.8 Å². The maximum Gasteiger partial charge on any atom is 0.138 e. The molecule has 0 aliphatic carbocycles. The Morgan fingerprint density at radius 3 is 2.32 bits per heavy atom. The van der Waals surface area contributed by atoms with Gasteiger partial charge in [-0.3, -0.25) is 0 Å². The molecule has 0 saturated heterocycles. The Hall–Kier alpha value is -2.28. The molecule has 0 unspecified atom stereocenters. The lowest BCUT2D eigenvalue weighted by Gasteiger charge is -1.99. The van der Waals surface area contributed by atoms with Gasteiger partial charge in [0.15, 0.2) is 0 Å². The van der Waals surface area contributed by atoms with Crippen molar-refractivity contribution in [2.75, 3.05) is 0 Å². The summed E-state index contributed by atoms with van der Waals surface area (Å²) in [6.45, 7) is 4.25. The first kappa shape index (κ1) is 10.6. The summed E-state index contributed by atoms with van der Waals surface area (Å²) >= 11 is 0. The molecule has 4 rings (SSSR count). The summed E-state index contributed by atoms with van der Waals surface area (Å²) in [4.78, 5) is 0. The van der Waals surface area contributed by atoms with Crippen LogP contribution in [0.5, 0.6) is 0 Å². The summed E-state index contributed by atoms with van der Waals surface area (Å²) in [6, 6.07) is 17.1. The minimum atomic E-state index is 0.974. The third-order valence-corrected chi connectivity index (χ3v) is 4.03. The van der Waals surface area contributed by atoms with Gasteiger partial charge in [0.25, 0.3) is 0 Å². The van der Waals surface area contributed by atoms with E-state index >= 15 is 0 Å². The lowest BCUT2D eigenvalue weighted by atomic mass is 10.0. The van der Waals surface area contributed by atoms with E-state index in [9.17, 15) is 0 Å². The van der Waals surface area contributed by atoms with Gasteiger partial charge in [-0.15, -0.1) is 0 Å². The van der Waals surface area contributed by atoms with Crippen molar-refractivity contribution in [1.82, 2.24) is 0 Å². The predicted octanol–water partition coefficient (Wildman–Crippen LogP) is 5.36. The van der Waals surface area contributed by atoms with Gasteiger partial charge < -0.3 is 4.42 Å². The molecule has 0 fully saturated rings. The van der Waals surface area contributed by atoms with Gasteiger partial charge in [0.05, 0.1) is 0 Å². The maximum absolute atomic E-state index is 6.07. The number of fused-ring (bicyclic) bond motifs is 4. The van der Waals surface area contributed by atoms with Crippen molar-refractivity contribution < 1.29 is 4.42 Å². The Bertz CT molecular complexity index is 929. The van der Waals surface area contributed by atoms with Crippen LogP contribution in [0.25, 0.3) is 32.7 Å². The zero-order valence-electron chi connectivity index (χ0n) is 11.0. The average Bonchev–Trinajstić information content (AvgIpc) is 2.79. The molecule has 0 bridgehead atoms. The molecule has 1 heteroatoms. The van der Waals surface area contributed by atoms with Crippen LogP contribution in [-0.2, 0) is 0 Å². The molecular formula is C18H14O. The van der Waals surface area contributed by atoms with Crippen LogP contribution in [0.4, 0.5) is 0 Å². The Balaban J connectivity index is 2.25. The highest BCUT2D eigenvalue weighted by Crippen LogP contribution is 2.34. The largest absolute Gasteiger partial charge is 0.456 e. The molecule has 0 amide bonds. The molecule has 1 heterocycles. The van der Waals surface area contributed by atoms with Gasteiger partial charge in [-0.1, -0.05) is 36.4 Å². The topological polar surface area (TPSA) is 13.1 Å². The minimum absolute atomic E-state index is 0.974. The zero-order valence-corrected chi connectivity index (χ0v) is 11.0. The van der Waals surface area contributed by atoms with E-state index in [1.165, 1.54) is 32.7 Å². The van der Waals surface area contributed by atoms with Crippen LogP contribution in [0.15, 0.2) is 52.9 Å². The molecular weight excluding hydrogens is 232 g/mol. The van der Waals surface area contributed by atoms with Gasteiger partial charge in [0.2, 0.25) is 0 Å². The van der Waals surface area contributed by atoms with Crippen molar-refractivity contribution in [3.05, 3.63) is 59.7 Å². The highest BCUT2D eigenvalue weighted by Gasteiger charge is 2.10. The molecule has 92 valence electrons. The molecule has 0 aliphatic heterocycles. The molecule has 0 aliphatic rings. The molecule has 19 heavy (non-hydrogen) atoms. The first-order chi connectivity index (χ1) is 9.24. The molecule has 0 atom stereocenters.